The number of carboxylic acid groups (broad SMARTS) is 1. The molecule has 2 nitrogen and oxygen atoms in total. The standard InChI is InChI=1S/C16H28O2/c1-5-6-11-15(13(2)3)12-9-7-8-10-14(4)16(17)18/h5,14-15H,1-2,6-12H2,3-4H3,(H,17,18). The van der Waals surface area contributed by atoms with Gasteiger partial charge in [-0.2, -0.15) is 0 Å². The fourth-order valence-corrected chi connectivity index (χ4v) is 2.10. The topological polar surface area (TPSA) is 37.3 Å². The molecule has 0 aliphatic heterocycles. The van der Waals surface area contributed by atoms with Gasteiger partial charge in [-0.15, -0.1) is 6.58 Å². The molecule has 0 aromatic carbocycles. The molecule has 0 amide bonds. The second-order valence-corrected chi connectivity index (χ2v) is 5.29. The fraction of sp³-hybridized carbons (Fsp3) is 0.688. The molecule has 1 N–H and O–H groups in total. The highest BCUT2D eigenvalue weighted by atomic mass is 16.4. The van der Waals surface area contributed by atoms with Crippen LogP contribution in [0.3, 0.4) is 0 Å². The van der Waals surface area contributed by atoms with Crippen molar-refractivity contribution in [2.24, 2.45) is 11.8 Å². The molecule has 18 heavy (non-hydrogen) atoms. The zero-order chi connectivity index (χ0) is 14.0. The highest BCUT2D eigenvalue weighted by Crippen LogP contribution is 2.23. The summed E-state index contributed by atoms with van der Waals surface area (Å²) in [5.74, 6) is -0.289. The fourth-order valence-electron chi connectivity index (χ4n) is 2.10. The monoisotopic (exact) mass is 252 g/mol. The average molecular weight is 252 g/mol. The quantitative estimate of drug-likeness (QED) is 0.423. The van der Waals surface area contributed by atoms with E-state index in [0.717, 1.165) is 32.1 Å². The summed E-state index contributed by atoms with van der Waals surface area (Å²) in [6, 6.07) is 0. The number of hydrogen-bond acceptors (Lipinski definition) is 1. The van der Waals surface area contributed by atoms with E-state index in [-0.39, 0.29) is 5.92 Å². The van der Waals surface area contributed by atoms with Crippen LogP contribution in [0.1, 0.15) is 58.8 Å². The maximum Gasteiger partial charge on any atom is 0.306 e. The Kier molecular flexibility index (Phi) is 9.35. The van der Waals surface area contributed by atoms with Crippen molar-refractivity contribution in [1.29, 1.82) is 0 Å². The Hall–Kier alpha value is -1.05. The van der Waals surface area contributed by atoms with Gasteiger partial charge in [0.15, 0.2) is 0 Å². The second kappa shape index (κ2) is 9.93. The Labute approximate surface area is 112 Å². The molecule has 2 heteroatoms. The first-order valence-electron chi connectivity index (χ1n) is 6.98. The van der Waals surface area contributed by atoms with Crippen molar-refractivity contribution in [3.8, 4) is 0 Å². The summed E-state index contributed by atoms with van der Waals surface area (Å²) in [5, 5.41) is 8.78. The highest BCUT2D eigenvalue weighted by Gasteiger charge is 2.11. The zero-order valence-corrected chi connectivity index (χ0v) is 12.0. The van der Waals surface area contributed by atoms with Gasteiger partial charge in [0.1, 0.15) is 0 Å². The Morgan fingerprint density at radius 3 is 2.33 bits per heavy atom. The number of hydrogen-bond donors (Lipinski definition) is 1. The van der Waals surface area contributed by atoms with Crippen molar-refractivity contribution < 1.29 is 9.90 Å². The third-order valence-corrected chi connectivity index (χ3v) is 3.53. The van der Waals surface area contributed by atoms with Crippen molar-refractivity contribution in [2.75, 3.05) is 0 Å². The van der Waals surface area contributed by atoms with E-state index in [4.69, 9.17) is 5.11 Å². The molecule has 0 aromatic rings. The molecule has 0 bridgehead atoms. The molecular weight excluding hydrogens is 224 g/mol. The molecule has 0 fully saturated rings. The molecule has 0 rings (SSSR count). The Balaban J connectivity index is 3.70. The molecule has 0 spiro atoms. The van der Waals surface area contributed by atoms with Crippen LogP contribution in [0.25, 0.3) is 0 Å². The molecule has 0 aromatic heterocycles. The third-order valence-electron chi connectivity index (χ3n) is 3.53. The average Bonchev–Trinajstić information content (AvgIpc) is 2.31. The van der Waals surface area contributed by atoms with E-state index in [1.165, 1.54) is 18.4 Å². The molecule has 2 unspecified atom stereocenters. The lowest BCUT2D eigenvalue weighted by atomic mass is 9.90. The van der Waals surface area contributed by atoms with Crippen LogP contribution in [-0.2, 0) is 4.79 Å². The number of allylic oxidation sites excluding steroid dienone is 2. The van der Waals surface area contributed by atoms with Gasteiger partial charge in [0.2, 0.25) is 0 Å². The molecule has 104 valence electrons. The first-order valence-corrected chi connectivity index (χ1v) is 6.98. The summed E-state index contributed by atoms with van der Waals surface area (Å²) >= 11 is 0. The minimum Gasteiger partial charge on any atom is -0.481 e. The van der Waals surface area contributed by atoms with Gasteiger partial charge < -0.3 is 5.11 Å². The minimum atomic E-state index is -0.680. The van der Waals surface area contributed by atoms with Gasteiger partial charge in [0.25, 0.3) is 0 Å². The Morgan fingerprint density at radius 2 is 1.83 bits per heavy atom. The lowest BCUT2D eigenvalue weighted by Crippen LogP contribution is -2.09. The number of carboxylic acids is 1. The lowest BCUT2D eigenvalue weighted by molar-refractivity contribution is -0.141. The van der Waals surface area contributed by atoms with E-state index in [1.54, 1.807) is 6.92 Å². The Bertz CT molecular complexity index is 268. The Morgan fingerprint density at radius 1 is 1.22 bits per heavy atom. The highest BCUT2D eigenvalue weighted by molar-refractivity contribution is 5.69. The van der Waals surface area contributed by atoms with Gasteiger partial charge in [0, 0.05) is 0 Å². The summed E-state index contributed by atoms with van der Waals surface area (Å²) in [6.07, 6.45) is 9.42. The van der Waals surface area contributed by atoms with Crippen LogP contribution in [0, 0.1) is 11.8 Å². The molecular formula is C16H28O2. The summed E-state index contributed by atoms with van der Waals surface area (Å²) in [5.41, 5.74) is 1.26. The normalized spacial score (nSPS) is 13.9. The zero-order valence-electron chi connectivity index (χ0n) is 12.0. The van der Waals surface area contributed by atoms with Gasteiger partial charge >= 0.3 is 5.97 Å². The van der Waals surface area contributed by atoms with E-state index < -0.39 is 5.97 Å². The SMILES string of the molecule is C=CCCC(CCCCCC(C)C(=O)O)C(=C)C. The van der Waals surface area contributed by atoms with Gasteiger partial charge in [-0.25, -0.2) is 0 Å². The second-order valence-electron chi connectivity index (χ2n) is 5.29. The van der Waals surface area contributed by atoms with E-state index in [0.29, 0.717) is 5.92 Å². The van der Waals surface area contributed by atoms with Crippen LogP contribution in [0.4, 0.5) is 0 Å². The number of unbranched alkanes of at least 4 members (excludes halogenated alkanes) is 2. The summed E-state index contributed by atoms with van der Waals surface area (Å²) in [7, 11) is 0. The van der Waals surface area contributed by atoms with Crippen LogP contribution in [0.15, 0.2) is 24.8 Å². The van der Waals surface area contributed by atoms with Gasteiger partial charge in [-0.05, 0) is 38.5 Å². The van der Waals surface area contributed by atoms with E-state index in [9.17, 15) is 4.79 Å². The van der Waals surface area contributed by atoms with Crippen LogP contribution < -0.4 is 0 Å². The largest absolute Gasteiger partial charge is 0.481 e. The molecule has 0 aliphatic carbocycles. The van der Waals surface area contributed by atoms with E-state index in [1.807, 2.05) is 6.08 Å². The summed E-state index contributed by atoms with van der Waals surface area (Å²) in [4.78, 5) is 10.7. The molecule has 2 atom stereocenters. The maximum atomic E-state index is 10.7. The minimum absolute atomic E-state index is 0.206. The molecule has 0 aliphatic rings. The smallest absolute Gasteiger partial charge is 0.306 e. The van der Waals surface area contributed by atoms with E-state index in [2.05, 4.69) is 20.1 Å². The molecule has 0 radical (unpaired) electrons. The van der Waals surface area contributed by atoms with Crippen molar-refractivity contribution in [3.05, 3.63) is 24.8 Å². The number of aliphatic carboxylic acids is 1. The predicted molar refractivity (Wildman–Crippen MR) is 77.6 cm³/mol. The predicted octanol–water partition coefficient (Wildman–Crippen LogP) is 4.82. The number of carbonyl (C=O) groups is 1. The molecule has 0 heterocycles. The third kappa shape index (κ3) is 8.10. The van der Waals surface area contributed by atoms with E-state index >= 15 is 0 Å². The van der Waals surface area contributed by atoms with Crippen LogP contribution >= 0.6 is 0 Å². The first-order chi connectivity index (χ1) is 8.49. The van der Waals surface area contributed by atoms with Gasteiger partial charge in [0.05, 0.1) is 5.92 Å². The number of rotatable bonds is 11. The van der Waals surface area contributed by atoms with Crippen molar-refractivity contribution in [2.45, 2.75) is 58.8 Å². The summed E-state index contributed by atoms with van der Waals surface area (Å²) < 4.78 is 0. The van der Waals surface area contributed by atoms with Crippen molar-refractivity contribution >= 4 is 5.97 Å². The van der Waals surface area contributed by atoms with Crippen molar-refractivity contribution in [1.82, 2.24) is 0 Å². The lowest BCUT2D eigenvalue weighted by Gasteiger charge is -2.16. The first kappa shape index (κ1) is 16.9. The molecule has 0 saturated carbocycles. The molecule has 0 saturated heterocycles. The maximum absolute atomic E-state index is 10.7. The van der Waals surface area contributed by atoms with Gasteiger partial charge in [-0.1, -0.05) is 44.4 Å². The van der Waals surface area contributed by atoms with Crippen LogP contribution in [0.5, 0.6) is 0 Å². The van der Waals surface area contributed by atoms with Crippen LogP contribution in [-0.4, -0.2) is 11.1 Å². The van der Waals surface area contributed by atoms with Gasteiger partial charge in [-0.3, -0.25) is 4.79 Å². The van der Waals surface area contributed by atoms with Crippen LogP contribution in [0.2, 0.25) is 0 Å². The summed E-state index contributed by atoms with van der Waals surface area (Å²) in [6.45, 7) is 11.7. The van der Waals surface area contributed by atoms with Crippen molar-refractivity contribution in [3.63, 3.8) is 0 Å².